The molecule has 0 aliphatic carbocycles. The maximum atomic E-state index is 13.5. The fourth-order valence-electron chi connectivity index (χ4n) is 3.79. The Labute approximate surface area is 204 Å². The van der Waals surface area contributed by atoms with Crippen molar-refractivity contribution in [1.29, 1.82) is 0 Å². The summed E-state index contributed by atoms with van der Waals surface area (Å²) in [5, 5.41) is 14.3. The van der Waals surface area contributed by atoms with Gasteiger partial charge in [-0.05, 0) is 35.8 Å². The first-order valence-corrected chi connectivity index (χ1v) is 11.4. The fourth-order valence-corrected chi connectivity index (χ4v) is 3.79. The molecule has 3 rings (SSSR count). The highest BCUT2D eigenvalue weighted by Gasteiger charge is 2.37. The van der Waals surface area contributed by atoms with Gasteiger partial charge in [-0.25, -0.2) is 4.79 Å². The Balaban J connectivity index is 1.68. The van der Waals surface area contributed by atoms with Crippen LogP contribution in [-0.2, 0) is 27.4 Å². The number of likely N-dealkylation sites (tertiary alicyclic amines) is 1. The lowest BCUT2D eigenvalue weighted by atomic mass is 10.1. The number of alkyl carbamates (subject to hydrolysis) is 1. The van der Waals surface area contributed by atoms with Crippen LogP contribution < -0.4 is 10.1 Å². The summed E-state index contributed by atoms with van der Waals surface area (Å²) in [7, 11) is 0. The van der Waals surface area contributed by atoms with Gasteiger partial charge in [-0.3, -0.25) is 4.79 Å². The van der Waals surface area contributed by atoms with Crippen molar-refractivity contribution in [3.8, 4) is 18.4 Å². The van der Waals surface area contributed by atoms with Gasteiger partial charge in [-0.1, -0.05) is 54.0 Å². The van der Waals surface area contributed by atoms with E-state index in [1.54, 1.807) is 11.8 Å². The van der Waals surface area contributed by atoms with Crippen molar-refractivity contribution in [1.82, 2.24) is 30.4 Å². The molecule has 0 bridgehead atoms. The van der Waals surface area contributed by atoms with Crippen molar-refractivity contribution in [2.45, 2.75) is 51.1 Å². The van der Waals surface area contributed by atoms with Crippen LogP contribution >= 0.6 is 0 Å². The molecule has 1 N–H and O–H groups in total. The predicted octanol–water partition coefficient (Wildman–Crippen LogP) is 1.56. The number of amides is 2. The quantitative estimate of drug-likeness (QED) is 0.357. The Bertz CT molecular complexity index is 1020. The zero-order valence-corrected chi connectivity index (χ0v) is 19.7. The Kier molecular flexibility index (Phi) is 9.62. The SMILES string of the molecule is C#CCOC(C)[C@H](NC(=O)OCC=C)C(=O)N1CCC[C@H]1Cn1nnnc1OCc1ccccc1. The molecule has 35 heavy (non-hydrogen) atoms. The number of nitrogens with one attached hydrogen (secondary N) is 1. The van der Waals surface area contributed by atoms with Gasteiger partial charge in [0.25, 0.3) is 0 Å². The summed E-state index contributed by atoms with van der Waals surface area (Å²) in [5.41, 5.74) is 0.984. The first kappa shape index (κ1) is 25.7. The molecule has 1 aliphatic heterocycles. The predicted molar refractivity (Wildman–Crippen MR) is 126 cm³/mol. The number of rotatable bonds is 12. The van der Waals surface area contributed by atoms with E-state index >= 15 is 0 Å². The normalized spacial score (nSPS) is 16.7. The van der Waals surface area contributed by atoms with Crippen molar-refractivity contribution in [3.63, 3.8) is 0 Å². The van der Waals surface area contributed by atoms with E-state index in [0.29, 0.717) is 19.7 Å². The molecule has 11 nitrogen and oxygen atoms in total. The largest absolute Gasteiger partial charge is 0.458 e. The molecule has 1 fully saturated rings. The Hall–Kier alpha value is -3.91. The molecule has 3 atom stereocenters. The zero-order valence-electron chi connectivity index (χ0n) is 19.7. The molecule has 1 aliphatic rings. The van der Waals surface area contributed by atoms with Crippen LogP contribution in [0.2, 0.25) is 0 Å². The standard InChI is InChI=1S/C24H30N6O5/c1-4-14-33-18(3)21(25-24(32)34-15-5-2)22(31)29-13-9-12-20(29)16-30-23(26-27-28-30)35-17-19-10-7-6-8-11-19/h1,5-8,10-11,18,20-21H,2,9,12-17H2,3H3,(H,25,32)/t18?,20-,21-/m0/s1. The van der Waals surface area contributed by atoms with Gasteiger partial charge in [0.05, 0.1) is 18.7 Å². The molecule has 1 aromatic heterocycles. The van der Waals surface area contributed by atoms with E-state index in [0.717, 1.165) is 18.4 Å². The molecule has 0 spiro atoms. The summed E-state index contributed by atoms with van der Waals surface area (Å²) < 4.78 is 17.9. The molecule has 0 saturated carbocycles. The van der Waals surface area contributed by atoms with E-state index in [9.17, 15) is 9.59 Å². The zero-order chi connectivity index (χ0) is 25.0. The summed E-state index contributed by atoms with van der Waals surface area (Å²) >= 11 is 0. The van der Waals surface area contributed by atoms with Crippen LogP contribution in [0.4, 0.5) is 4.79 Å². The van der Waals surface area contributed by atoms with Crippen molar-refractivity contribution in [2.24, 2.45) is 0 Å². The molecule has 2 heterocycles. The van der Waals surface area contributed by atoms with E-state index in [-0.39, 0.29) is 31.2 Å². The molecule has 1 unspecified atom stereocenters. The number of hydrogen-bond acceptors (Lipinski definition) is 8. The van der Waals surface area contributed by atoms with Gasteiger partial charge in [-0.15, -0.1) is 6.42 Å². The third kappa shape index (κ3) is 7.28. The summed E-state index contributed by atoms with van der Waals surface area (Å²) in [6.07, 6.45) is 6.86. The number of terminal acetylenes is 1. The average Bonchev–Trinajstić information content (AvgIpc) is 3.53. The highest BCUT2D eigenvalue weighted by atomic mass is 16.5. The van der Waals surface area contributed by atoms with E-state index in [1.807, 2.05) is 30.3 Å². The third-order valence-electron chi connectivity index (χ3n) is 5.52. The smallest absolute Gasteiger partial charge is 0.408 e. The maximum Gasteiger partial charge on any atom is 0.408 e. The summed E-state index contributed by atoms with van der Waals surface area (Å²) in [6.45, 7) is 6.39. The molecule has 0 radical (unpaired) electrons. The molecule has 11 heteroatoms. The lowest BCUT2D eigenvalue weighted by Crippen LogP contribution is -2.56. The lowest BCUT2D eigenvalue weighted by molar-refractivity contribution is -0.138. The molecular formula is C24H30N6O5. The van der Waals surface area contributed by atoms with E-state index in [4.69, 9.17) is 20.6 Å². The molecule has 1 aromatic carbocycles. The van der Waals surface area contributed by atoms with Gasteiger partial charge in [0.2, 0.25) is 5.91 Å². The minimum absolute atomic E-state index is 0.00446. The van der Waals surface area contributed by atoms with Crippen molar-refractivity contribution >= 4 is 12.0 Å². The minimum atomic E-state index is -0.982. The van der Waals surface area contributed by atoms with Crippen LogP contribution in [0, 0.1) is 12.3 Å². The first-order chi connectivity index (χ1) is 17.0. The van der Waals surface area contributed by atoms with Gasteiger partial charge in [0.15, 0.2) is 0 Å². The van der Waals surface area contributed by atoms with Crippen LogP contribution in [0.1, 0.15) is 25.3 Å². The fraction of sp³-hybridized carbons (Fsp3) is 0.458. The molecule has 186 valence electrons. The number of nitrogens with zero attached hydrogens (tertiary/aromatic N) is 5. The second-order valence-electron chi connectivity index (χ2n) is 7.97. The van der Waals surface area contributed by atoms with Gasteiger partial charge in [0.1, 0.15) is 25.9 Å². The second-order valence-corrected chi connectivity index (χ2v) is 7.97. The summed E-state index contributed by atoms with van der Waals surface area (Å²) in [6, 6.07) is 8.76. The van der Waals surface area contributed by atoms with Crippen LogP contribution in [0.15, 0.2) is 43.0 Å². The van der Waals surface area contributed by atoms with Gasteiger partial charge in [0, 0.05) is 6.54 Å². The van der Waals surface area contributed by atoms with Gasteiger partial charge >= 0.3 is 12.1 Å². The van der Waals surface area contributed by atoms with Crippen LogP contribution in [0.25, 0.3) is 0 Å². The topological polar surface area (TPSA) is 121 Å². The summed E-state index contributed by atoms with van der Waals surface area (Å²) in [4.78, 5) is 27.4. The number of aromatic nitrogens is 4. The van der Waals surface area contributed by atoms with Crippen LogP contribution in [-0.4, -0.2) is 75.1 Å². The maximum absolute atomic E-state index is 13.5. The highest BCUT2D eigenvalue weighted by Crippen LogP contribution is 2.22. The monoisotopic (exact) mass is 482 g/mol. The van der Waals surface area contributed by atoms with Crippen molar-refractivity contribution in [3.05, 3.63) is 48.6 Å². The Morgan fingerprint density at radius 1 is 1.37 bits per heavy atom. The van der Waals surface area contributed by atoms with E-state index < -0.39 is 18.2 Å². The molecule has 1 saturated heterocycles. The Morgan fingerprint density at radius 2 is 2.17 bits per heavy atom. The van der Waals surface area contributed by atoms with Crippen LogP contribution in [0.3, 0.4) is 0 Å². The molecular weight excluding hydrogens is 452 g/mol. The number of tetrazole rings is 1. The lowest BCUT2D eigenvalue weighted by Gasteiger charge is -2.31. The average molecular weight is 483 g/mol. The van der Waals surface area contributed by atoms with Crippen LogP contribution in [0.5, 0.6) is 6.01 Å². The molecule has 2 amide bonds. The minimum Gasteiger partial charge on any atom is -0.458 e. The number of carbonyl (C=O) groups is 2. The number of ether oxygens (including phenoxy) is 3. The summed E-state index contributed by atoms with van der Waals surface area (Å²) in [5.74, 6) is 2.08. The van der Waals surface area contributed by atoms with Crippen molar-refractivity contribution < 1.29 is 23.8 Å². The highest BCUT2D eigenvalue weighted by molar-refractivity contribution is 5.86. The second kappa shape index (κ2) is 13.1. The van der Waals surface area contributed by atoms with Gasteiger partial charge in [-0.2, -0.15) is 4.68 Å². The third-order valence-corrected chi connectivity index (χ3v) is 5.52. The first-order valence-electron chi connectivity index (χ1n) is 11.4. The van der Waals surface area contributed by atoms with Crippen molar-refractivity contribution in [2.75, 3.05) is 19.8 Å². The number of benzene rings is 1. The molecule has 2 aromatic rings. The van der Waals surface area contributed by atoms with E-state index in [2.05, 4.69) is 33.3 Å². The number of carbonyl (C=O) groups excluding carboxylic acids is 2. The van der Waals surface area contributed by atoms with Gasteiger partial charge < -0.3 is 24.4 Å². The number of hydrogen-bond donors (Lipinski definition) is 1. The Morgan fingerprint density at radius 3 is 2.91 bits per heavy atom. The van der Waals surface area contributed by atoms with E-state index in [1.165, 1.54) is 10.8 Å².